The first kappa shape index (κ1) is 20.4. The van der Waals surface area contributed by atoms with Crippen molar-refractivity contribution in [2.24, 2.45) is 0 Å². The largest absolute Gasteiger partial charge is 0.508 e. The van der Waals surface area contributed by atoms with Gasteiger partial charge in [0.1, 0.15) is 11.6 Å². The molecule has 0 unspecified atom stereocenters. The van der Waals surface area contributed by atoms with Crippen LogP contribution in [0.3, 0.4) is 0 Å². The van der Waals surface area contributed by atoms with Gasteiger partial charge < -0.3 is 26.4 Å². The van der Waals surface area contributed by atoms with Crippen molar-refractivity contribution in [2.45, 2.75) is 45.6 Å². The van der Waals surface area contributed by atoms with E-state index < -0.39 is 5.97 Å². The molecule has 0 saturated carbocycles. The van der Waals surface area contributed by atoms with Gasteiger partial charge in [-0.3, -0.25) is 4.79 Å². The van der Waals surface area contributed by atoms with Gasteiger partial charge in [-0.1, -0.05) is 12.1 Å². The minimum Gasteiger partial charge on any atom is -0.508 e. The predicted molar refractivity (Wildman–Crippen MR) is 103 cm³/mol. The smallest absolute Gasteiger partial charge is 0.307 e. The van der Waals surface area contributed by atoms with Crippen molar-refractivity contribution in [3.63, 3.8) is 0 Å². The number of aromatic hydroxyl groups is 1. The van der Waals surface area contributed by atoms with E-state index >= 15 is 0 Å². The summed E-state index contributed by atoms with van der Waals surface area (Å²) in [7, 11) is 0. The number of benzene rings is 1. The number of nitrogens with two attached hydrogens (primary N) is 1. The third-order valence-corrected chi connectivity index (χ3v) is 4.28. The van der Waals surface area contributed by atoms with Gasteiger partial charge in [0.15, 0.2) is 0 Å². The van der Waals surface area contributed by atoms with Crippen molar-refractivity contribution in [1.82, 2.24) is 9.97 Å². The lowest BCUT2D eigenvalue weighted by Crippen LogP contribution is -2.19. The number of aliphatic hydroxyl groups excluding tert-OH is 1. The zero-order valence-corrected chi connectivity index (χ0v) is 15.6. The summed E-state index contributed by atoms with van der Waals surface area (Å²) in [4.78, 5) is 19.3. The molecule has 146 valence electrons. The molecular formula is C19H26N4O4. The lowest BCUT2D eigenvalue weighted by atomic mass is 10.0. The number of anilines is 2. The number of hydrogen-bond acceptors (Lipinski definition) is 7. The average Bonchev–Trinajstić information content (AvgIpc) is 2.57. The van der Waals surface area contributed by atoms with Gasteiger partial charge in [-0.2, -0.15) is 4.98 Å². The molecule has 8 nitrogen and oxygen atoms in total. The molecule has 6 N–H and O–H groups in total. The summed E-state index contributed by atoms with van der Waals surface area (Å²) in [5.41, 5.74) is 8.47. The average molecular weight is 374 g/mol. The zero-order valence-electron chi connectivity index (χ0n) is 15.6. The van der Waals surface area contributed by atoms with Crippen molar-refractivity contribution >= 4 is 17.7 Å². The molecule has 0 bridgehead atoms. The molecule has 0 aliphatic rings. The summed E-state index contributed by atoms with van der Waals surface area (Å²) in [6, 6.07) is 4.94. The molecule has 0 radical (unpaired) electrons. The molecule has 1 aromatic heterocycles. The fraction of sp³-hybridized carbons (Fsp3) is 0.421. The van der Waals surface area contributed by atoms with Crippen LogP contribution in [0.25, 0.3) is 0 Å². The number of phenolic OH excluding ortho intramolecular Hbond substituents is 1. The minimum atomic E-state index is -0.951. The summed E-state index contributed by atoms with van der Waals surface area (Å²) >= 11 is 0. The Kier molecular flexibility index (Phi) is 6.95. The van der Waals surface area contributed by atoms with E-state index in [4.69, 9.17) is 15.9 Å². The molecule has 8 heteroatoms. The van der Waals surface area contributed by atoms with Crippen LogP contribution in [0.15, 0.2) is 18.2 Å². The van der Waals surface area contributed by atoms with E-state index in [-0.39, 0.29) is 30.8 Å². The number of aryl methyl sites for hydroxylation is 1. The van der Waals surface area contributed by atoms with Crippen molar-refractivity contribution in [1.29, 1.82) is 0 Å². The molecule has 1 heterocycles. The van der Waals surface area contributed by atoms with E-state index in [2.05, 4.69) is 15.3 Å². The van der Waals surface area contributed by atoms with Gasteiger partial charge in [-0.25, -0.2) is 4.98 Å². The number of aliphatic hydroxyl groups is 1. The highest BCUT2D eigenvalue weighted by Crippen LogP contribution is 2.27. The first-order valence-corrected chi connectivity index (χ1v) is 8.83. The molecular weight excluding hydrogens is 348 g/mol. The standard InChI is InChI=1S/C19H26N4O4/c1-11(4-3-7-24)21-18-15(12(2)22-19(20)23-18)10-14-6-5-13(8-16(14)25)9-17(26)27/h5-6,8,11,24-25H,3-4,7,9-10H2,1-2H3,(H,26,27)(H3,20,21,22,23)/t11-/m0/s1. The summed E-state index contributed by atoms with van der Waals surface area (Å²) in [5.74, 6) is -0.161. The lowest BCUT2D eigenvalue weighted by molar-refractivity contribution is -0.136. The maximum Gasteiger partial charge on any atom is 0.307 e. The predicted octanol–water partition coefficient (Wildman–Crippen LogP) is 1.86. The lowest BCUT2D eigenvalue weighted by Gasteiger charge is -2.19. The van der Waals surface area contributed by atoms with Gasteiger partial charge in [0, 0.05) is 30.3 Å². The second-order valence-corrected chi connectivity index (χ2v) is 6.62. The van der Waals surface area contributed by atoms with Gasteiger partial charge in [-0.05, 0) is 43.9 Å². The zero-order chi connectivity index (χ0) is 20.0. The number of hydrogen-bond donors (Lipinski definition) is 5. The normalized spacial score (nSPS) is 12.0. The van der Waals surface area contributed by atoms with Gasteiger partial charge in [0.05, 0.1) is 6.42 Å². The third kappa shape index (κ3) is 5.82. The Labute approximate surface area is 158 Å². The van der Waals surface area contributed by atoms with Crippen LogP contribution in [0.2, 0.25) is 0 Å². The summed E-state index contributed by atoms with van der Waals surface area (Å²) in [5, 5.41) is 31.5. The maximum absolute atomic E-state index is 10.8. The fourth-order valence-corrected chi connectivity index (χ4v) is 2.89. The monoisotopic (exact) mass is 374 g/mol. The second kappa shape index (κ2) is 9.18. The number of rotatable bonds is 9. The highest BCUT2D eigenvalue weighted by atomic mass is 16.4. The van der Waals surface area contributed by atoms with Crippen LogP contribution in [0.1, 0.15) is 42.1 Å². The molecule has 27 heavy (non-hydrogen) atoms. The van der Waals surface area contributed by atoms with Crippen molar-refractivity contribution in [3.8, 4) is 5.75 Å². The second-order valence-electron chi connectivity index (χ2n) is 6.62. The Morgan fingerprint density at radius 3 is 2.70 bits per heavy atom. The molecule has 1 atom stereocenters. The van der Waals surface area contributed by atoms with Crippen molar-refractivity contribution in [3.05, 3.63) is 40.6 Å². The first-order valence-electron chi connectivity index (χ1n) is 8.83. The third-order valence-electron chi connectivity index (χ3n) is 4.28. The molecule has 0 amide bonds. The molecule has 1 aromatic carbocycles. The molecule has 0 saturated heterocycles. The molecule has 0 aliphatic carbocycles. The van der Waals surface area contributed by atoms with Crippen LogP contribution in [0.4, 0.5) is 11.8 Å². The van der Waals surface area contributed by atoms with Gasteiger partial charge in [0.2, 0.25) is 5.95 Å². The quantitative estimate of drug-likeness (QED) is 0.448. The topological polar surface area (TPSA) is 142 Å². The molecule has 2 aromatic rings. The highest BCUT2D eigenvalue weighted by Gasteiger charge is 2.16. The molecule has 0 fully saturated rings. The molecule has 2 rings (SSSR count). The number of aromatic nitrogens is 2. The van der Waals surface area contributed by atoms with Gasteiger partial charge in [0.25, 0.3) is 0 Å². The van der Waals surface area contributed by atoms with E-state index in [1.165, 1.54) is 6.07 Å². The van der Waals surface area contributed by atoms with Crippen molar-refractivity contribution in [2.75, 3.05) is 17.7 Å². The number of carboxylic acid groups (broad SMARTS) is 1. The van der Waals surface area contributed by atoms with Crippen LogP contribution in [0.5, 0.6) is 5.75 Å². The van der Waals surface area contributed by atoms with E-state index in [9.17, 15) is 9.90 Å². The molecule has 0 aliphatic heterocycles. The molecule has 0 spiro atoms. The van der Waals surface area contributed by atoms with Gasteiger partial charge >= 0.3 is 5.97 Å². The highest BCUT2D eigenvalue weighted by molar-refractivity contribution is 5.70. The van der Waals surface area contributed by atoms with E-state index in [0.29, 0.717) is 35.5 Å². The van der Waals surface area contributed by atoms with Crippen LogP contribution >= 0.6 is 0 Å². The van der Waals surface area contributed by atoms with Crippen LogP contribution in [-0.2, 0) is 17.6 Å². The Balaban J connectivity index is 2.28. The Morgan fingerprint density at radius 1 is 1.33 bits per heavy atom. The maximum atomic E-state index is 10.8. The van der Waals surface area contributed by atoms with Gasteiger partial charge in [-0.15, -0.1) is 0 Å². The van der Waals surface area contributed by atoms with E-state index in [0.717, 1.165) is 12.0 Å². The Morgan fingerprint density at radius 2 is 2.07 bits per heavy atom. The number of nitrogens with zero attached hydrogens (tertiary/aromatic N) is 2. The minimum absolute atomic E-state index is 0.0317. The van der Waals surface area contributed by atoms with Crippen LogP contribution < -0.4 is 11.1 Å². The number of carboxylic acids is 1. The van der Waals surface area contributed by atoms with Crippen molar-refractivity contribution < 1.29 is 20.1 Å². The summed E-state index contributed by atoms with van der Waals surface area (Å²) in [6.07, 6.45) is 1.68. The number of carbonyl (C=O) groups is 1. The van der Waals surface area contributed by atoms with E-state index in [1.54, 1.807) is 12.1 Å². The number of phenols is 1. The van der Waals surface area contributed by atoms with E-state index in [1.807, 2.05) is 13.8 Å². The first-order chi connectivity index (χ1) is 12.8. The summed E-state index contributed by atoms with van der Waals surface area (Å²) in [6.45, 7) is 3.94. The van der Waals surface area contributed by atoms with Crippen LogP contribution in [0, 0.1) is 6.92 Å². The number of aliphatic carboxylic acids is 1. The summed E-state index contributed by atoms with van der Waals surface area (Å²) < 4.78 is 0. The van der Waals surface area contributed by atoms with Crippen LogP contribution in [-0.4, -0.2) is 43.9 Å². The number of nitrogen functional groups attached to an aromatic ring is 1. The fourth-order valence-electron chi connectivity index (χ4n) is 2.89. The Hall–Kier alpha value is -2.87. The number of nitrogens with one attached hydrogen (secondary N) is 1. The SMILES string of the molecule is Cc1nc(N)nc(N[C@@H](C)CCCO)c1Cc1ccc(CC(=O)O)cc1O. The Bertz CT molecular complexity index is 811.